The third kappa shape index (κ3) is 4.36. The summed E-state index contributed by atoms with van der Waals surface area (Å²) >= 11 is 0. The van der Waals surface area contributed by atoms with Crippen molar-refractivity contribution in [3.63, 3.8) is 0 Å². The molecule has 2 aromatic carbocycles. The van der Waals surface area contributed by atoms with Gasteiger partial charge in [0.2, 0.25) is 0 Å². The molecule has 0 aromatic heterocycles. The van der Waals surface area contributed by atoms with Crippen LogP contribution in [0.4, 0.5) is 0 Å². The van der Waals surface area contributed by atoms with Gasteiger partial charge in [0.05, 0.1) is 18.1 Å². The molecule has 0 amide bonds. The average molecular weight is 279 g/mol. The van der Waals surface area contributed by atoms with Gasteiger partial charge in [-0.05, 0) is 43.9 Å². The highest BCUT2D eigenvalue weighted by molar-refractivity contribution is 5.30. The van der Waals surface area contributed by atoms with Gasteiger partial charge in [-0.25, -0.2) is 0 Å². The topological polar surface area (TPSA) is 33.0 Å². The zero-order valence-electron chi connectivity index (χ0n) is 12.5. The summed E-state index contributed by atoms with van der Waals surface area (Å²) in [6.45, 7) is 2.71. The molecule has 0 saturated carbocycles. The summed E-state index contributed by atoms with van der Waals surface area (Å²) in [5.41, 5.74) is 0.685. The molecule has 0 radical (unpaired) electrons. The van der Waals surface area contributed by atoms with Gasteiger partial charge < -0.3 is 4.74 Å². The van der Waals surface area contributed by atoms with Crippen molar-refractivity contribution in [1.29, 1.82) is 5.26 Å². The van der Waals surface area contributed by atoms with Gasteiger partial charge in [0.25, 0.3) is 0 Å². The van der Waals surface area contributed by atoms with Crippen LogP contribution in [0.3, 0.4) is 0 Å². The van der Waals surface area contributed by atoms with Crippen molar-refractivity contribution in [3.8, 4) is 11.8 Å². The quantitative estimate of drug-likeness (QED) is 0.687. The molecule has 0 bridgehead atoms. The molecular weight excluding hydrogens is 258 g/mol. The van der Waals surface area contributed by atoms with Crippen LogP contribution >= 0.6 is 0 Å². The number of unbranched alkanes of at least 4 members (excludes halogenated alkanes) is 1. The average Bonchev–Trinajstić information content (AvgIpc) is 2.56. The summed E-state index contributed by atoms with van der Waals surface area (Å²) < 4.78 is 5.68. The molecule has 0 saturated heterocycles. The van der Waals surface area contributed by atoms with Crippen molar-refractivity contribution in [1.82, 2.24) is 0 Å². The Morgan fingerprint density at radius 3 is 2.19 bits per heavy atom. The van der Waals surface area contributed by atoms with Crippen molar-refractivity contribution < 1.29 is 4.74 Å². The van der Waals surface area contributed by atoms with Crippen molar-refractivity contribution in [2.45, 2.75) is 31.6 Å². The fourth-order valence-corrected chi connectivity index (χ4v) is 2.36. The van der Waals surface area contributed by atoms with Gasteiger partial charge in [-0.15, -0.1) is 0 Å². The molecule has 0 heterocycles. The van der Waals surface area contributed by atoms with E-state index in [1.807, 2.05) is 67.6 Å². The second-order valence-electron chi connectivity index (χ2n) is 5.43. The van der Waals surface area contributed by atoms with Gasteiger partial charge >= 0.3 is 0 Å². The number of para-hydroxylation sites is 1. The molecule has 0 aliphatic carbocycles. The molecule has 108 valence electrons. The van der Waals surface area contributed by atoms with Crippen LogP contribution in [-0.4, -0.2) is 6.61 Å². The number of nitriles is 1. The number of hydrogen-bond acceptors (Lipinski definition) is 2. The molecule has 2 nitrogen and oxygen atoms in total. The lowest BCUT2D eigenvalue weighted by molar-refractivity contribution is 0.300. The fraction of sp³-hybridized carbons (Fsp3) is 0.316. The molecule has 0 spiro atoms. The Balaban J connectivity index is 1.78. The first-order valence-corrected chi connectivity index (χ1v) is 7.39. The number of hydrogen-bond donors (Lipinski definition) is 0. The Bertz CT molecular complexity index is 574. The van der Waals surface area contributed by atoms with Crippen LogP contribution in [0.1, 0.15) is 31.7 Å². The zero-order valence-corrected chi connectivity index (χ0v) is 12.5. The predicted octanol–water partition coefficient (Wildman–Crippen LogP) is 4.72. The summed E-state index contributed by atoms with van der Waals surface area (Å²) in [7, 11) is 0. The van der Waals surface area contributed by atoms with Crippen LogP contribution in [0.15, 0.2) is 60.7 Å². The molecule has 1 unspecified atom stereocenters. The lowest BCUT2D eigenvalue weighted by Gasteiger charge is -2.22. The number of ether oxygens (including phenoxy) is 1. The molecule has 2 rings (SSSR count). The van der Waals surface area contributed by atoms with Gasteiger partial charge in [0.15, 0.2) is 0 Å². The fourth-order valence-electron chi connectivity index (χ4n) is 2.36. The van der Waals surface area contributed by atoms with E-state index in [9.17, 15) is 5.26 Å². The molecule has 0 fully saturated rings. The standard InChI is InChI=1S/C19H21NO/c1-19(16-20,17-10-4-2-5-11-17)14-8-9-15-21-18-12-6-3-7-13-18/h2-7,10-13H,8-9,14-15H2,1H3. The van der Waals surface area contributed by atoms with Crippen LogP contribution in [0, 0.1) is 11.3 Å². The van der Waals surface area contributed by atoms with E-state index in [0.29, 0.717) is 6.61 Å². The first-order valence-electron chi connectivity index (χ1n) is 7.39. The third-order valence-corrected chi connectivity index (χ3v) is 3.74. The SMILES string of the molecule is CC(C#N)(CCCCOc1ccccc1)c1ccccc1. The van der Waals surface area contributed by atoms with E-state index in [0.717, 1.165) is 30.6 Å². The maximum atomic E-state index is 9.49. The molecule has 1 atom stereocenters. The van der Waals surface area contributed by atoms with Crippen LogP contribution < -0.4 is 4.74 Å². The highest BCUT2D eigenvalue weighted by Gasteiger charge is 2.25. The summed E-state index contributed by atoms with van der Waals surface area (Å²) in [5.74, 6) is 0.906. The lowest BCUT2D eigenvalue weighted by atomic mass is 9.80. The monoisotopic (exact) mass is 279 g/mol. The van der Waals surface area contributed by atoms with Crippen LogP contribution in [0.2, 0.25) is 0 Å². The minimum Gasteiger partial charge on any atom is -0.494 e. The van der Waals surface area contributed by atoms with Crippen molar-refractivity contribution in [2.24, 2.45) is 0 Å². The van der Waals surface area contributed by atoms with Crippen LogP contribution in [-0.2, 0) is 5.41 Å². The lowest BCUT2D eigenvalue weighted by Crippen LogP contribution is -2.19. The molecular formula is C19H21NO. The summed E-state index contributed by atoms with van der Waals surface area (Å²) in [4.78, 5) is 0. The minimum absolute atomic E-state index is 0.409. The second-order valence-corrected chi connectivity index (χ2v) is 5.43. The Labute approximate surface area is 127 Å². The van der Waals surface area contributed by atoms with E-state index in [4.69, 9.17) is 4.74 Å². The summed E-state index contributed by atoms with van der Waals surface area (Å²) in [6.07, 6.45) is 2.79. The highest BCUT2D eigenvalue weighted by Crippen LogP contribution is 2.28. The maximum absolute atomic E-state index is 9.49. The van der Waals surface area contributed by atoms with E-state index in [-0.39, 0.29) is 0 Å². The van der Waals surface area contributed by atoms with Gasteiger partial charge in [-0.2, -0.15) is 5.26 Å². The normalized spacial score (nSPS) is 13.1. The number of nitrogens with zero attached hydrogens (tertiary/aromatic N) is 1. The van der Waals surface area contributed by atoms with Crippen LogP contribution in [0.25, 0.3) is 0 Å². The minimum atomic E-state index is -0.409. The molecule has 0 N–H and O–H groups in total. The highest BCUT2D eigenvalue weighted by atomic mass is 16.5. The zero-order chi connectivity index (χ0) is 15.0. The molecule has 0 aliphatic rings. The van der Waals surface area contributed by atoms with E-state index in [1.54, 1.807) is 0 Å². The van der Waals surface area contributed by atoms with Crippen molar-refractivity contribution in [2.75, 3.05) is 6.61 Å². The first-order chi connectivity index (χ1) is 10.2. The third-order valence-electron chi connectivity index (χ3n) is 3.74. The summed E-state index contributed by atoms with van der Waals surface area (Å²) in [5, 5.41) is 9.49. The Kier molecular flexibility index (Phi) is 5.40. The van der Waals surface area contributed by atoms with Crippen molar-refractivity contribution >= 4 is 0 Å². The Hall–Kier alpha value is -2.27. The van der Waals surface area contributed by atoms with E-state index < -0.39 is 5.41 Å². The van der Waals surface area contributed by atoms with Gasteiger partial charge in [0.1, 0.15) is 5.75 Å². The molecule has 2 aromatic rings. The van der Waals surface area contributed by atoms with E-state index in [1.165, 1.54) is 0 Å². The van der Waals surface area contributed by atoms with Crippen molar-refractivity contribution in [3.05, 3.63) is 66.2 Å². The molecule has 21 heavy (non-hydrogen) atoms. The van der Waals surface area contributed by atoms with Crippen LogP contribution in [0.5, 0.6) is 5.75 Å². The molecule has 2 heteroatoms. The molecule has 0 aliphatic heterocycles. The largest absolute Gasteiger partial charge is 0.494 e. The van der Waals surface area contributed by atoms with Gasteiger partial charge in [0, 0.05) is 0 Å². The smallest absolute Gasteiger partial charge is 0.119 e. The Morgan fingerprint density at radius 2 is 1.57 bits per heavy atom. The maximum Gasteiger partial charge on any atom is 0.119 e. The first kappa shape index (κ1) is 15.1. The predicted molar refractivity (Wildman–Crippen MR) is 85.2 cm³/mol. The van der Waals surface area contributed by atoms with Gasteiger partial charge in [-0.3, -0.25) is 0 Å². The Morgan fingerprint density at radius 1 is 0.952 bits per heavy atom. The second kappa shape index (κ2) is 7.50. The summed E-state index contributed by atoms with van der Waals surface area (Å²) in [6, 6.07) is 22.3. The van der Waals surface area contributed by atoms with E-state index in [2.05, 4.69) is 6.07 Å². The van der Waals surface area contributed by atoms with E-state index >= 15 is 0 Å². The number of rotatable bonds is 7. The van der Waals surface area contributed by atoms with Gasteiger partial charge in [-0.1, -0.05) is 48.5 Å². The number of benzene rings is 2.